The van der Waals surface area contributed by atoms with Crippen molar-refractivity contribution in [2.45, 2.75) is 24.8 Å². The molecule has 9 heteroatoms. The van der Waals surface area contributed by atoms with Gasteiger partial charge in [-0.05, 0) is 18.9 Å². The lowest BCUT2D eigenvalue weighted by Gasteiger charge is -2.33. The second-order valence-electron chi connectivity index (χ2n) is 6.34. The van der Waals surface area contributed by atoms with Crippen LogP contribution in [-0.4, -0.2) is 66.2 Å². The first-order valence-corrected chi connectivity index (χ1v) is 8.45. The third-order valence-electron chi connectivity index (χ3n) is 4.84. The Balaban J connectivity index is 1.67. The van der Waals surface area contributed by atoms with Gasteiger partial charge in [0.15, 0.2) is 17.0 Å². The summed E-state index contributed by atoms with van der Waals surface area (Å²) in [5.41, 5.74) is 2.46. The van der Waals surface area contributed by atoms with E-state index in [-0.39, 0.29) is 13.2 Å². The van der Waals surface area contributed by atoms with Crippen molar-refractivity contribution in [3.05, 3.63) is 30.6 Å². The quantitative estimate of drug-likeness (QED) is 0.616. The summed E-state index contributed by atoms with van der Waals surface area (Å²) >= 11 is 0. The monoisotopic (exact) mass is 343 g/mol. The Labute approximate surface area is 144 Å². The van der Waals surface area contributed by atoms with Gasteiger partial charge in [0, 0.05) is 30.9 Å². The number of anilines is 1. The molecule has 0 aromatic carbocycles. The highest BCUT2D eigenvalue weighted by molar-refractivity contribution is 5.83. The maximum Gasteiger partial charge on any atom is 0.165 e. The lowest BCUT2D eigenvalue weighted by atomic mass is 9.95. The van der Waals surface area contributed by atoms with Crippen molar-refractivity contribution < 1.29 is 10.2 Å². The summed E-state index contributed by atoms with van der Waals surface area (Å²) in [6, 6.07) is 1.57. The number of piperidine rings is 1. The molecule has 4 heterocycles. The molecule has 0 spiro atoms. The van der Waals surface area contributed by atoms with Gasteiger partial charge < -0.3 is 19.7 Å². The van der Waals surface area contributed by atoms with Gasteiger partial charge in [-0.1, -0.05) is 0 Å². The molecule has 0 saturated carbocycles. The summed E-state index contributed by atoms with van der Waals surface area (Å²) in [6.45, 7) is 1.40. The number of nitrogens with one attached hydrogen (secondary N) is 1. The van der Waals surface area contributed by atoms with Crippen LogP contribution in [0.2, 0.25) is 0 Å². The van der Waals surface area contributed by atoms with E-state index in [1.54, 1.807) is 17.1 Å². The number of fused-ring (bicyclic) bond motifs is 1. The van der Waals surface area contributed by atoms with Crippen molar-refractivity contribution in [2.24, 2.45) is 0 Å². The summed E-state index contributed by atoms with van der Waals surface area (Å²) in [5.74, 6) is 1.17. The van der Waals surface area contributed by atoms with E-state index in [9.17, 15) is 10.2 Å². The fraction of sp³-hybridized carbons (Fsp3) is 0.500. The molecule has 132 valence electrons. The Kier molecular flexibility index (Phi) is 4.33. The van der Waals surface area contributed by atoms with E-state index in [0.29, 0.717) is 17.1 Å². The van der Waals surface area contributed by atoms with Crippen LogP contribution < -0.4 is 4.90 Å². The van der Waals surface area contributed by atoms with Crippen molar-refractivity contribution in [3.63, 3.8) is 0 Å². The standard InChI is InChI=1S/C16H21N7O2/c24-7-12(8-25)23-10-19-14-15(17-9-18-16(14)23)22-5-1-2-11(6-22)13-3-4-20-21-13/h3-4,9-12,24-25H,1-2,5-8H2,(H,20,21). The second kappa shape index (κ2) is 6.77. The van der Waals surface area contributed by atoms with Crippen LogP contribution in [0.3, 0.4) is 0 Å². The lowest BCUT2D eigenvalue weighted by molar-refractivity contribution is 0.156. The molecule has 3 aromatic heterocycles. The average molecular weight is 343 g/mol. The fourth-order valence-corrected chi connectivity index (χ4v) is 3.49. The van der Waals surface area contributed by atoms with Crippen LogP contribution in [0.1, 0.15) is 30.5 Å². The Morgan fingerprint density at radius 1 is 1.24 bits per heavy atom. The van der Waals surface area contributed by atoms with E-state index in [0.717, 1.165) is 37.4 Å². The number of hydrogen-bond acceptors (Lipinski definition) is 7. The Morgan fingerprint density at radius 3 is 2.88 bits per heavy atom. The van der Waals surface area contributed by atoms with Gasteiger partial charge in [0.05, 0.1) is 25.6 Å². The molecule has 0 radical (unpaired) electrons. The summed E-state index contributed by atoms with van der Waals surface area (Å²) in [5, 5.41) is 26.0. The minimum atomic E-state index is -0.452. The molecule has 1 aliphatic heterocycles. The first-order valence-electron chi connectivity index (χ1n) is 8.45. The minimum Gasteiger partial charge on any atom is -0.394 e. The highest BCUT2D eigenvalue weighted by Gasteiger charge is 2.26. The molecule has 25 heavy (non-hydrogen) atoms. The molecule has 1 aliphatic rings. The van der Waals surface area contributed by atoms with Crippen LogP contribution in [0, 0.1) is 0 Å². The lowest BCUT2D eigenvalue weighted by Crippen LogP contribution is -2.35. The largest absolute Gasteiger partial charge is 0.394 e. The SMILES string of the molecule is OCC(CO)n1cnc2c(N3CCCC(c4ccn[nH]4)C3)ncnc21. The van der Waals surface area contributed by atoms with E-state index in [4.69, 9.17) is 0 Å². The highest BCUT2D eigenvalue weighted by atomic mass is 16.3. The molecule has 1 unspecified atom stereocenters. The topological polar surface area (TPSA) is 116 Å². The normalized spacial score (nSPS) is 18.4. The third-order valence-corrected chi connectivity index (χ3v) is 4.84. The number of hydrogen-bond donors (Lipinski definition) is 3. The summed E-state index contributed by atoms with van der Waals surface area (Å²) in [7, 11) is 0. The maximum absolute atomic E-state index is 9.44. The molecule has 1 atom stereocenters. The van der Waals surface area contributed by atoms with Crippen LogP contribution >= 0.6 is 0 Å². The van der Waals surface area contributed by atoms with Gasteiger partial charge >= 0.3 is 0 Å². The average Bonchev–Trinajstić information content (AvgIpc) is 3.33. The summed E-state index contributed by atoms with van der Waals surface area (Å²) in [4.78, 5) is 15.4. The number of aromatic amines is 1. The van der Waals surface area contributed by atoms with E-state index < -0.39 is 6.04 Å². The first-order chi connectivity index (χ1) is 12.3. The van der Waals surface area contributed by atoms with Crippen molar-refractivity contribution in [1.82, 2.24) is 29.7 Å². The number of imidazole rings is 1. The summed E-state index contributed by atoms with van der Waals surface area (Å²) in [6.07, 6.45) is 7.07. The van der Waals surface area contributed by atoms with Crippen molar-refractivity contribution >= 4 is 17.0 Å². The number of rotatable bonds is 5. The molecule has 0 bridgehead atoms. The maximum atomic E-state index is 9.44. The molecule has 3 aromatic rings. The van der Waals surface area contributed by atoms with E-state index in [2.05, 4.69) is 30.0 Å². The zero-order valence-electron chi connectivity index (χ0n) is 13.8. The van der Waals surface area contributed by atoms with Crippen molar-refractivity contribution in [3.8, 4) is 0 Å². The zero-order chi connectivity index (χ0) is 17.2. The van der Waals surface area contributed by atoms with Crippen molar-refractivity contribution in [2.75, 3.05) is 31.2 Å². The predicted molar refractivity (Wildman–Crippen MR) is 91.3 cm³/mol. The molecule has 3 N–H and O–H groups in total. The van der Waals surface area contributed by atoms with Gasteiger partial charge in [0.2, 0.25) is 0 Å². The Hall–Kier alpha value is -2.52. The fourth-order valence-electron chi connectivity index (χ4n) is 3.49. The molecule has 1 fully saturated rings. The molecule has 9 nitrogen and oxygen atoms in total. The van der Waals surface area contributed by atoms with E-state index in [1.165, 1.54) is 6.33 Å². The molecular weight excluding hydrogens is 322 g/mol. The minimum absolute atomic E-state index is 0.174. The molecule has 0 aliphatic carbocycles. The van der Waals surface area contributed by atoms with Crippen LogP contribution in [0.5, 0.6) is 0 Å². The zero-order valence-corrected chi connectivity index (χ0v) is 13.8. The van der Waals surface area contributed by atoms with Crippen molar-refractivity contribution in [1.29, 1.82) is 0 Å². The van der Waals surface area contributed by atoms with Gasteiger partial charge in [0.25, 0.3) is 0 Å². The predicted octanol–water partition coefficient (Wildman–Crippen LogP) is 0.459. The number of H-pyrrole nitrogens is 1. The molecule has 1 saturated heterocycles. The van der Waals surface area contributed by atoms with Gasteiger partial charge in [0.1, 0.15) is 6.33 Å². The third kappa shape index (κ3) is 2.85. The van der Waals surface area contributed by atoms with Crippen LogP contribution in [-0.2, 0) is 0 Å². The number of aromatic nitrogens is 6. The van der Waals surface area contributed by atoms with Gasteiger partial charge in [-0.25, -0.2) is 15.0 Å². The Bertz CT molecular complexity index is 828. The van der Waals surface area contributed by atoms with Crippen LogP contribution in [0.4, 0.5) is 5.82 Å². The molecule has 4 rings (SSSR count). The van der Waals surface area contributed by atoms with Gasteiger partial charge in [-0.15, -0.1) is 0 Å². The highest BCUT2D eigenvalue weighted by Crippen LogP contribution is 2.31. The number of nitrogens with zero attached hydrogens (tertiary/aromatic N) is 6. The molecular formula is C16H21N7O2. The van der Waals surface area contributed by atoms with Gasteiger partial charge in [-0.2, -0.15) is 5.10 Å². The number of aliphatic hydroxyl groups excluding tert-OH is 2. The smallest absolute Gasteiger partial charge is 0.165 e. The number of aliphatic hydroxyl groups is 2. The van der Waals surface area contributed by atoms with Crippen LogP contribution in [0.25, 0.3) is 11.2 Å². The first kappa shape index (κ1) is 16.0. The van der Waals surface area contributed by atoms with Gasteiger partial charge in [-0.3, -0.25) is 5.10 Å². The Morgan fingerprint density at radius 2 is 2.12 bits per heavy atom. The van der Waals surface area contributed by atoms with E-state index >= 15 is 0 Å². The van der Waals surface area contributed by atoms with Crippen LogP contribution in [0.15, 0.2) is 24.9 Å². The molecule has 0 amide bonds. The summed E-state index contributed by atoms with van der Waals surface area (Å²) < 4.78 is 1.71. The van der Waals surface area contributed by atoms with E-state index in [1.807, 2.05) is 6.07 Å². The second-order valence-corrected chi connectivity index (χ2v) is 6.34.